The number of carbonyl (C=O) groups excluding carboxylic acids is 2. The minimum atomic E-state index is -0.356. The monoisotopic (exact) mass is 282 g/mol. The van der Waals surface area contributed by atoms with E-state index in [1.807, 2.05) is 0 Å². The molecule has 2 aromatic rings. The molecule has 0 radical (unpaired) electrons. The van der Waals surface area contributed by atoms with Crippen LogP contribution in [0.3, 0.4) is 0 Å². The Morgan fingerprint density at radius 3 is 2.52 bits per heavy atom. The largest absolute Gasteiger partial charge is 0.293 e. The number of aromatic nitrogens is 2. The van der Waals surface area contributed by atoms with Crippen molar-refractivity contribution in [1.29, 1.82) is 0 Å². The lowest BCUT2D eigenvalue weighted by molar-refractivity contribution is 0.0953. The SMILES string of the molecule is CC(=O)c1cccc(/C(C)=N/NC(=O)c2cccnc2)n1. The van der Waals surface area contributed by atoms with Gasteiger partial charge in [0, 0.05) is 19.3 Å². The van der Waals surface area contributed by atoms with Crippen LogP contribution in [-0.2, 0) is 0 Å². The average molecular weight is 282 g/mol. The summed E-state index contributed by atoms with van der Waals surface area (Å²) in [7, 11) is 0. The Balaban J connectivity index is 2.13. The molecule has 2 heterocycles. The second-order valence-corrected chi connectivity index (χ2v) is 4.34. The summed E-state index contributed by atoms with van der Waals surface area (Å²) in [6, 6.07) is 8.39. The third kappa shape index (κ3) is 3.79. The van der Waals surface area contributed by atoms with E-state index in [1.165, 1.54) is 13.1 Å². The molecule has 0 aliphatic carbocycles. The third-order valence-corrected chi connectivity index (χ3v) is 2.73. The predicted molar refractivity (Wildman–Crippen MR) is 78.2 cm³/mol. The molecule has 0 aromatic carbocycles. The maximum Gasteiger partial charge on any atom is 0.272 e. The molecule has 0 spiro atoms. The second kappa shape index (κ2) is 6.51. The van der Waals surface area contributed by atoms with Crippen molar-refractivity contribution in [1.82, 2.24) is 15.4 Å². The van der Waals surface area contributed by atoms with E-state index in [-0.39, 0.29) is 11.7 Å². The number of nitrogens with one attached hydrogen (secondary N) is 1. The van der Waals surface area contributed by atoms with Gasteiger partial charge in [0.1, 0.15) is 5.69 Å². The van der Waals surface area contributed by atoms with Crippen LogP contribution in [0.1, 0.15) is 40.4 Å². The number of ketones is 1. The molecule has 2 aromatic heterocycles. The fraction of sp³-hybridized carbons (Fsp3) is 0.133. The molecule has 1 N–H and O–H groups in total. The van der Waals surface area contributed by atoms with E-state index in [2.05, 4.69) is 20.5 Å². The Morgan fingerprint density at radius 2 is 1.86 bits per heavy atom. The highest BCUT2D eigenvalue weighted by Gasteiger charge is 2.07. The van der Waals surface area contributed by atoms with E-state index >= 15 is 0 Å². The Hall–Kier alpha value is -2.89. The Morgan fingerprint density at radius 1 is 1.10 bits per heavy atom. The zero-order valence-electron chi connectivity index (χ0n) is 11.7. The first kappa shape index (κ1) is 14.5. The van der Waals surface area contributed by atoms with Crippen molar-refractivity contribution in [2.75, 3.05) is 0 Å². The number of pyridine rings is 2. The van der Waals surface area contributed by atoms with Crippen molar-refractivity contribution in [3.63, 3.8) is 0 Å². The normalized spacial score (nSPS) is 11.0. The Kier molecular flexibility index (Phi) is 4.50. The van der Waals surface area contributed by atoms with Crippen LogP contribution in [0.25, 0.3) is 0 Å². The van der Waals surface area contributed by atoms with Crippen molar-refractivity contribution in [2.45, 2.75) is 13.8 Å². The third-order valence-electron chi connectivity index (χ3n) is 2.73. The number of Topliss-reactive ketones (excluding diaryl/α,β-unsaturated/α-hetero) is 1. The number of rotatable bonds is 4. The molecular weight excluding hydrogens is 268 g/mol. The standard InChI is InChI=1S/C15H14N4O2/c1-10(13-6-3-7-14(17-13)11(2)20)18-19-15(21)12-5-4-8-16-9-12/h3-9H,1-2H3,(H,19,21)/b18-10+. The van der Waals surface area contributed by atoms with Crippen LogP contribution in [0.4, 0.5) is 0 Å². The van der Waals surface area contributed by atoms with Crippen LogP contribution in [0, 0.1) is 0 Å². The molecule has 0 bridgehead atoms. The second-order valence-electron chi connectivity index (χ2n) is 4.34. The lowest BCUT2D eigenvalue weighted by Crippen LogP contribution is -2.19. The first-order valence-electron chi connectivity index (χ1n) is 6.31. The van der Waals surface area contributed by atoms with Crippen molar-refractivity contribution in [2.24, 2.45) is 5.10 Å². The van der Waals surface area contributed by atoms with Crippen LogP contribution in [0.5, 0.6) is 0 Å². The summed E-state index contributed by atoms with van der Waals surface area (Å²) in [5.74, 6) is -0.478. The number of carbonyl (C=O) groups is 2. The molecule has 106 valence electrons. The summed E-state index contributed by atoms with van der Waals surface area (Å²) in [6.07, 6.45) is 3.04. The van der Waals surface area contributed by atoms with Crippen LogP contribution in [0.15, 0.2) is 47.8 Å². The van der Waals surface area contributed by atoms with E-state index in [0.29, 0.717) is 22.7 Å². The lowest BCUT2D eigenvalue weighted by atomic mass is 10.2. The molecule has 0 aliphatic heterocycles. The number of hydrogen-bond acceptors (Lipinski definition) is 5. The Labute approximate surface area is 121 Å². The molecule has 0 saturated carbocycles. The molecule has 0 atom stereocenters. The quantitative estimate of drug-likeness (QED) is 0.527. The molecule has 2 rings (SSSR count). The molecule has 0 aliphatic rings. The number of amides is 1. The first-order valence-corrected chi connectivity index (χ1v) is 6.31. The number of hydrogen-bond donors (Lipinski definition) is 1. The van der Waals surface area contributed by atoms with Crippen LogP contribution in [-0.4, -0.2) is 27.4 Å². The fourth-order valence-corrected chi connectivity index (χ4v) is 1.59. The molecule has 0 saturated heterocycles. The van der Waals surface area contributed by atoms with Gasteiger partial charge >= 0.3 is 0 Å². The van der Waals surface area contributed by atoms with E-state index < -0.39 is 0 Å². The van der Waals surface area contributed by atoms with Crippen molar-refractivity contribution in [3.8, 4) is 0 Å². The molecule has 6 heteroatoms. The van der Waals surface area contributed by atoms with Gasteiger partial charge in [-0.3, -0.25) is 14.6 Å². The van der Waals surface area contributed by atoms with E-state index in [0.717, 1.165) is 0 Å². The summed E-state index contributed by atoms with van der Waals surface area (Å²) in [4.78, 5) is 31.2. The van der Waals surface area contributed by atoms with Crippen molar-refractivity contribution < 1.29 is 9.59 Å². The summed E-state index contributed by atoms with van der Waals surface area (Å²) in [5, 5.41) is 3.99. The predicted octanol–water partition coefficient (Wildman–Crippen LogP) is 1.83. The van der Waals surface area contributed by atoms with Gasteiger partial charge in [-0.25, -0.2) is 10.4 Å². The van der Waals surface area contributed by atoms with Gasteiger partial charge in [-0.05, 0) is 31.2 Å². The topological polar surface area (TPSA) is 84.3 Å². The summed E-state index contributed by atoms with van der Waals surface area (Å²) >= 11 is 0. The first-order chi connectivity index (χ1) is 10.1. The molecular formula is C15H14N4O2. The molecule has 0 fully saturated rings. The maximum absolute atomic E-state index is 11.8. The van der Waals surface area contributed by atoms with Gasteiger partial charge in [0.05, 0.1) is 17.0 Å². The zero-order valence-corrected chi connectivity index (χ0v) is 11.7. The van der Waals surface area contributed by atoms with Crippen LogP contribution < -0.4 is 5.43 Å². The van der Waals surface area contributed by atoms with Gasteiger partial charge < -0.3 is 0 Å². The number of hydrazone groups is 1. The maximum atomic E-state index is 11.8. The van der Waals surface area contributed by atoms with E-state index in [9.17, 15) is 9.59 Å². The zero-order chi connectivity index (χ0) is 15.2. The summed E-state index contributed by atoms with van der Waals surface area (Å²) < 4.78 is 0. The lowest BCUT2D eigenvalue weighted by Gasteiger charge is -2.03. The average Bonchev–Trinajstić information content (AvgIpc) is 2.53. The summed E-state index contributed by atoms with van der Waals surface area (Å²) in [6.45, 7) is 3.15. The molecule has 1 amide bonds. The van der Waals surface area contributed by atoms with Gasteiger partial charge in [-0.1, -0.05) is 6.07 Å². The van der Waals surface area contributed by atoms with Gasteiger partial charge in [0.25, 0.3) is 5.91 Å². The van der Waals surface area contributed by atoms with E-state index in [1.54, 1.807) is 43.5 Å². The van der Waals surface area contributed by atoms with Crippen LogP contribution in [0.2, 0.25) is 0 Å². The van der Waals surface area contributed by atoms with Gasteiger partial charge in [0.15, 0.2) is 5.78 Å². The molecule has 21 heavy (non-hydrogen) atoms. The fourth-order valence-electron chi connectivity index (χ4n) is 1.59. The Bertz CT molecular complexity index is 696. The minimum absolute atomic E-state index is 0.121. The van der Waals surface area contributed by atoms with Gasteiger partial charge in [-0.15, -0.1) is 0 Å². The highest BCUT2D eigenvalue weighted by molar-refractivity contribution is 6.00. The minimum Gasteiger partial charge on any atom is -0.293 e. The van der Waals surface area contributed by atoms with Gasteiger partial charge in [-0.2, -0.15) is 5.10 Å². The van der Waals surface area contributed by atoms with Gasteiger partial charge in [0.2, 0.25) is 0 Å². The van der Waals surface area contributed by atoms with E-state index in [4.69, 9.17) is 0 Å². The van der Waals surface area contributed by atoms with Crippen molar-refractivity contribution >= 4 is 17.4 Å². The van der Waals surface area contributed by atoms with Crippen LogP contribution >= 0.6 is 0 Å². The summed E-state index contributed by atoms with van der Waals surface area (Å²) in [5.41, 5.74) is 4.25. The highest BCUT2D eigenvalue weighted by atomic mass is 16.2. The number of nitrogens with zero attached hydrogens (tertiary/aromatic N) is 3. The smallest absolute Gasteiger partial charge is 0.272 e. The molecule has 0 unspecified atom stereocenters. The van der Waals surface area contributed by atoms with Crippen molar-refractivity contribution in [3.05, 3.63) is 59.7 Å². The molecule has 6 nitrogen and oxygen atoms in total. The highest BCUT2D eigenvalue weighted by Crippen LogP contribution is 2.02.